The van der Waals surface area contributed by atoms with Crippen molar-refractivity contribution in [2.24, 2.45) is 0 Å². The molecule has 0 saturated carbocycles. The number of halogens is 1. The van der Waals surface area contributed by atoms with Gasteiger partial charge in [-0.25, -0.2) is 4.98 Å². The van der Waals surface area contributed by atoms with Gasteiger partial charge in [0.05, 0.1) is 5.69 Å². The molecule has 0 aliphatic carbocycles. The van der Waals surface area contributed by atoms with Gasteiger partial charge in [0.1, 0.15) is 16.3 Å². The van der Waals surface area contributed by atoms with Gasteiger partial charge in [0.25, 0.3) is 5.91 Å². The Morgan fingerprint density at radius 1 is 1.20 bits per heavy atom. The monoisotopic (exact) mass is 371 g/mol. The van der Waals surface area contributed by atoms with E-state index < -0.39 is 0 Å². The van der Waals surface area contributed by atoms with Crippen LogP contribution >= 0.6 is 22.9 Å². The summed E-state index contributed by atoms with van der Waals surface area (Å²) in [4.78, 5) is 32.8. The molecule has 2 amide bonds. The zero-order chi connectivity index (χ0) is 17.7. The van der Waals surface area contributed by atoms with Crippen molar-refractivity contribution in [1.82, 2.24) is 4.98 Å². The molecule has 0 fully saturated rings. The quantitative estimate of drug-likeness (QED) is 0.698. The summed E-state index contributed by atoms with van der Waals surface area (Å²) < 4.78 is 0. The molecule has 25 heavy (non-hydrogen) atoms. The number of anilines is 2. The second-order valence-electron chi connectivity index (χ2n) is 5.98. The van der Waals surface area contributed by atoms with E-state index in [-0.39, 0.29) is 18.4 Å². The van der Waals surface area contributed by atoms with Gasteiger partial charge in [-0.3, -0.25) is 14.5 Å². The lowest BCUT2D eigenvalue weighted by Crippen LogP contribution is -2.34. The van der Waals surface area contributed by atoms with Crippen LogP contribution in [0.1, 0.15) is 20.9 Å². The van der Waals surface area contributed by atoms with Crippen molar-refractivity contribution < 1.29 is 9.59 Å². The highest BCUT2D eigenvalue weighted by molar-refractivity contribution is 7.21. The van der Waals surface area contributed by atoms with Crippen LogP contribution in [0.15, 0.2) is 30.3 Å². The van der Waals surface area contributed by atoms with Gasteiger partial charge in [-0.15, -0.1) is 11.3 Å². The van der Waals surface area contributed by atoms with E-state index in [2.05, 4.69) is 10.3 Å². The number of aromatic nitrogens is 1. The topological polar surface area (TPSA) is 62.3 Å². The van der Waals surface area contributed by atoms with E-state index in [1.165, 1.54) is 16.2 Å². The summed E-state index contributed by atoms with van der Waals surface area (Å²) >= 11 is 7.24. The third-order valence-corrected chi connectivity index (χ3v) is 5.45. The summed E-state index contributed by atoms with van der Waals surface area (Å²) in [6.07, 6.45) is 0. The van der Waals surface area contributed by atoms with Crippen molar-refractivity contribution in [2.45, 2.75) is 13.8 Å². The molecule has 5 nitrogen and oxygen atoms in total. The van der Waals surface area contributed by atoms with Gasteiger partial charge >= 0.3 is 0 Å². The fourth-order valence-corrected chi connectivity index (χ4v) is 4.38. The van der Waals surface area contributed by atoms with Crippen LogP contribution in [0.2, 0.25) is 5.02 Å². The Morgan fingerprint density at radius 2 is 1.92 bits per heavy atom. The number of hydrogen-bond acceptors (Lipinski definition) is 4. The maximum absolute atomic E-state index is 13.1. The van der Waals surface area contributed by atoms with Crippen molar-refractivity contribution in [3.05, 3.63) is 51.5 Å². The highest BCUT2D eigenvalue weighted by Gasteiger charge is 2.31. The fraction of sp³-hybridized carbons (Fsp3) is 0.167. The van der Waals surface area contributed by atoms with Crippen LogP contribution in [-0.4, -0.2) is 23.3 Å². The van der Waals surface area contributed by atoms with Gasteiger partial charge in [0, 0.05) is 21.8 Å². The van der Waals surface area contributed by atoms with Crippen LogP contribution < -0.4 is 10.2 Å². The van der Waals surface area contributed by atoms with E-state index in [1.807, 2.05) is 19.9 Å². The van der Waals surface area contributed by atoms with Gasteiger partial charge in [-0.2, -0.15) is 0 Å². The SMILES string of the molecule is Cc1cc(C)c2c3c(sc2n1)C(=O)N(c1ccc(Cl)cc1)CC(=O)N3. The van der Waals surface area contributed by atoms with Crippen LogP contribution in [-0.2, 0) is 4.79 Å². The van der Waals surface area contributed by atoms with Crippen LogP contribution in [0.4, 0.5) is 11.4 Å². The van der Waals surface area contributed by atoms with Crippen LogP contribution in [0.5, 0.6) is 0 Å². The van der Waals surface area contributed by atoms with Crippen molar-refractivity contribution in [3.63, 3.8) is 0 Å². The summed E-state index contributed by atoms with van der Waals surface area (Å²) in [6.45, 7) is 3.84. The lowest BCUT2D eigenvalue weighted by molar-refractivity contribution is -0.114. The number of carbonyl (C=O) groups excluding carboxylic acids is 2. The zero-order valence-corrected chi connectivity index (χ0v) is 15.2. The molecule has 3 aromatic rings. The summed E-state index contributed by atoms with van der Waals surface area (Å²) in [5, 5.41) is 4.31. The molecule has 0 unspecified atom stereocenters. The van der Waals surface area contributed by atoms with Gasteiger partial charge in [-0.05, 0) is 49.7 Å². The number of fused-ring (bicyclic) bond motifs is 3. The molecule has 1 aliphatic heterocycles. The lowest BCUT2D eigenvalue weighted by atomic mass is 10.1. The molecule has 0 atom stereocenters. The van der Waals surface area contributed by atoms with Crippen LogP contribution in [0.25, 0.3) is 10.2 Å². The maximum atomic E-state index is 13.1. The maximum Gasteiger partial charge on any atom is 0.271 e. The fourth-order valence-electron chi connectivity index (χ4n) is 3.06. The van der Waals surface area contributed by atoms with Crippen LogP contribution in [0, 0.1) is 13.8 Å². The molecule has 1 aliphatic rings. The number of amides is 2. The van der Waals surface area contributed by atoms with Crippen molar-refractivity contribution in [3.8, 4) is 0 Å². The van der Waals surface area contributed by atoms with Crippen molar-refractivity contribution >= 4 is 56.3 Å². The molecule has 0 spiro atoms. The Kier molecular flexibility index (Phi) is 3.74. The average Bonchev–Trinajstić information content (AvgIpc) is 2.85. The number of hydrogen-bond donors (Lipinski definition) is 1. The van der Waals surface area contributed by atoms with E-state index in [1.54, 1.807) is 24.3 Å². The molecule has 3 heterocycles. The van der Waals surface area contributed by atoms with E-state index in [0.717, 1.165) is 21.5 Å². The Labute approximate surface area is 153 Å². The zero-order valence-electron chi connectivity index (χ0n) is 13.6. The molecule has 4 rings (SSSR count). The minimum absolute atomic E-state index is 0.0400. The Bertz CT molecular complexity index is 1030. The highest BCUT2D eigenvalue weighted by atomic mass is 35.5. The number of benzene rings is 1. The molecule has 0 radical (unpaired) electrons. The first-order valence-electron chi connectivity index (χ1n) is 7.72. The predicted molar refractivity (Wildman–Crippen MR) is 101 cm³/mol. The average molecular weight is 372 g/mol. The molecule has 0 saturated heterocycles. The first kappa shape index (κ1) is 16.1. The number of aryl methyl sites for hydroxylation is 2. The van der Waals surface area contributed by atoms with Gasteiger partial charge in [0.15, 0.2) is 0 Å². The number of carbonyl (C=O) groups is 2. The van der Waals surface area contributed by atoms with E-state index in [0.29, 0.717) is 21.3 Å². The minimum Gasteiger partial charge on any atom is -0.323 e. The van der Waals surface area contributed by atoms with Gasteiger partial charge in [-0.1, -0.05) is 11.6 Å². The second kappa shape index (κ2) is 5.82. The Morgan fingerprint density at radius 3 is 2.64 bits per heavy atom. The Balaban J connectivity index is 1.90. The summed E-state index contributed by atoms with van der Waals surface area (Å²) in [5.41, 5.74) is 3.08. The third kappa shape index (κ3) is 2.67. The Hall–Kier alpha value is -2.44. The summed E-state index contributed by atoms with van der Waals surface area (Å²) in [7, 11) is 0. The molecule has 0 bridgehead atoms. The molecule has 1 aromatic carbocycles. The first-order valence-corrected chi connectivity index (χ1v) is 8.91. The lowest BCUT2D eigenvalue weighted by Gasteiger charge is -2.19. The third-order valence-electron chi connectivity index (χ3n) is 4.13. The number of nitrogens with one attached hydrogen (secondary N) is 1. The predicted octanol–water partition coefficient (Wildman–Crippen LogP) is 4.17. The number of pyridine rings is 1. The number of nitrogens with zero attached hydrogens (tertiary/aromatic N) is 2. The van der Waals surface area contributed by atoms with E-state index >= 15 is 0 Å². The number of rotatable bonds is 1. The van der Waals surface area contributed by atoms with E-state index in [4.69, 9.17) is 11.6 Å². The standard InChI is InChI=1S/C18H14ClN3O2S/c1-9-7-10(2)20-17-14(9)15-16(25-17)18(24)22(8-13(23)21-15)12-5-3-11(19)4-6-12/h3-7H,8H2,1-2H3,(H,21,23). The number of thiophene rings is 1. The molecular weight excluding hydrogens is 358 g/mol. The van der Waals surface area contributed by atoms with Crippen molar-refractivity contribution in [1.29, 1.82) is 0 Å². The molecule has 1 N–H and O–H groups in total. The van der Waals surface area contributed by atoms with Gasteiger partial charge in [0.2, 0.25) is 5.91 Å². The normalized spacial score (nSPS) is 14.4. The molecule has 126 valence electrons. The van der Waals surface area contributed by atoms with Crippen molar-refractivity contribution in [2.75, 3.05) is 16.8 Å². The van der Waals surface area contributed by atoms with Crippen LogP contribution in [0.3, 0.4) is 0 Å². The molecular formula is C18H14ClN3O2S. The minimum atomic E-state index is -0.235. The molecule has 2 aromatic heterocycles. The first-order chi connectivity index (χ1) is 11.9. The van der Waals surface area contributed by atoms with E-state index in [9.17, 15) is 9.59 Å². The second-order valence-corrected chi connectivity index (χ2v) is 7.42. The highest BCUT2D eigenvalue weighted by Crippen LogP contribution is 2.39. The largest absolute Gasteiger partial charge is 0.323 e. The molecule has 7 heteroatoms. The van der Waals surface area contributed by atoms with Gasteiger partial charge < -0.3 is 5.32 Å². The smallest absolute Gasteiger partial charge is 0.271 e. The summed E-state index contributed by atoms with van der Waals surface area (Å²) in [5.74, 6) is -0.447. The summed E-state index contributed by atoms with van der Waals surface area (Å²) in [6, 6.07) is 8.83.